The number of nitrogens with two attached hydrogens (primary N) is 1. The van der Waals surface area contributed by atoms with Crippen LogP contribution >= 0.6 is 0 Å². The average Bonchev–Trinajstić information content (AvgIpc) is 2.95. The molecule has 0 bridgehead atoms. The average molecular weight is 253 g/mol. The molecular weight excluding hydrogens is 235 g/mol. The molecule has 7 heteroatoms. The Morgan fingerprint density at radius 2 is 2.06 bits per heavy atom. The van der Waals surface area contributed by atoms with Crippen molar-refractivity contribution in [2.24, 2.45) is 11.7 Å². The third kappa shape index (κ3) is 7.17. The molecule has 0 spiro atoms. The third-order valence-electron chi connectivity index (χ3n) is 2.50. The second kappa shape index (κ2) is 6.20. The van der Waals surface area contributed by atoms with Crippen molar-refractivity contribution >= 4 is 5.91 Å². The van der Waals surface area contributed by atoms with E-state index in [0.29, 0.717) is 12.5 Å². The molecule has 0 aromatic rings. The maximum Gasteiger partial charge on any atom is 0.401 e. The van der Waals surface area contributed by atoms with E-state index in [4.69, 9.17) is 5.73 Å². The van der Waals surface area contributed by atoms with Crippen LogP contribution in [-0.2, 0) is 4.79 Å². The molecular formula is C10H18F3N3O. The Hall–Kier alpha value is -0.820. The van der Waals surface area contributed by atoms with E-state index in [2.05, 4.69) is 5.32 Å². The Labute approximate surface area is 98.3 Å². The van der Waals surface area contributed by atoms with Gasteiger partial charge in [0.2, 0.25) is 5.91 Å². The molecule has 0 aliphatic heterocycles. The van der Waals surface area contributed by atoms with Gasteiger partial charge in [0.05, 0.1) is 13.1 Å². The van der Waals surface area contributed by atoms with Gasteiger partial charge in [-0.25, -0.2) is 0 Å². The molecule has 1 saturated carbocycles. The van der Waals surface area contributed by atoms with Crippen LogP contribution in [0.4, 0.5) is 13.2 Å². The first kappa shape index (κ1) is 14.2. The number of nitrogens with zero attached hydrogens (tertiary/aromatic N) is 1. The van der Waals surface area contributed by atoms with Crippen molar-refractivity contribution in [1.29, 1.82) is 0 Å². The lowest BCUT2D eigenvalue weighted by molar-refractivity contribution is -0.148. The van der Waals surface area contributed by atoms with Gasteiger partial charge in [-0.05, 0) is 18.8 Å². The van der Waals surface area contributed by atoms with E-state index in [-0.39, 0.29) is 25.5 Å². The Morgan fingerprint density at radius 1 is 1.41 bits per heavy atom. The minimum Gasteiger partial charge on any atom is -0.355 e. The molecule has 1 aliphatic rings. The number of carbonyl (C=O) groups excluding carboxylic acids is 1. The number of halogens is 3. The molecule has 100 valence electrons. The van der Waals surface area contributed by atoms with E-state index < -0.39 is 12.7 Å². The van der Waals surface area contributed by atoms with Crippen molar-refractivity contribution in [3.8, 4) is 0 Å². The summed E-state index contributed by atoms with van der Waals surface area (Å²) in [6.07, 6.45) is -2.11. The van der Waals surface area contributed by atoms with Gasteiger partial charge in [-0.1, -0.05) is 0 Å². The zero-order valence-electron chi connectivity index (χ0n) is 9.59. The van der Waals surface area contributed by atoms with Crippen molar-refractivity contribution < 1.29 is 18.0 Å². The summed E-state index contributed by atoms with van der Waals surface area (Å²) in [6, 6.07) is 0. The third-order valence-corrected chi connectivity index (χ3v) is 2.50. The van der Waals surface area contributed by atoms with Gasteiger partial charge in [-0.2, -0.15) is 13.2 Å². The van der Waals surface area contributed by atoms with Gasteiger partial charge >= 0.3 is 6.18 Å². The predicted octanol–water partition coefficient (Wildman–Crippen LogP) is 0.336. The van der Waals surface area contributed by atoms with E-state index in [1.807, 2.05) is 0 Å². The lowest BCUT2D eigenvalue weighted by Gasteiger charge is -2.22. The van der Waals surface area contributed by atoms with Crippen molar-refractivity contribution in [3.63, 3.8) is 0 Å². The van der Waals surface area contributed by atoms with Crippen LogP contribution in [0.1, 0.15) is 12.8 Å². The molecule has 1 aliphatic carbocycles. The Bertz CT molecular complexity index is 254. The fraction of sp³-hybridized carbons (Fsp3) is 0.900. The molecule has 0 saturated heterocycles. The van der Waals surface area contributed by atoms with Crippen molar-refractivity contribution in [2.75, 3.05) is 32.7 Å². The predicted molar refractivity (Wildman–Crippen MR) is 57.3 cm³/mol. The van der Waals surface area contributed by atoms with E-state index in [1.54, 1.807) is 0 Å². The van der Waals surface area contributed by atoms with Crippen LogP contribution < -0.4 is 11.1 Å². The fourth-order valence-electron chi connectivity index (χ4n) is 1.49. The van der Waals surface area contributed by atoms with E-state index >= 15 is 0 Å². The van der Waals surface area contributed by atoms with Crippen LogP contribution in [-0.4, -0.2) is 49.7 Å². The second-order valence-corrected chi connectivity index (χ2v) is 4.36. The first-order valence-electron chi connectivity index (χ1n) is 5.66. The molecule has 0 aromatic heterocycles. The monoisotopic (exact) mass is 253 g/mol. The molecule has 0 aromatic carbocycles. The number of amides is 1. The molecule has 0 radical (unpaired) electrons. The Kier molecular flexibility index (Phi) is 5.20. The topological polar surface area (TPSA) is 58.4 Å². The second-order valence-electron chi connectivity index (χ2n) is 4.36. The van der Waals surface area contributed by atoms with Gasteiger partial charge < -0.3 is 11.1 Å². The minimum absolute atomic E-state index is 0.0658. The van der Waals surface area contributed by atoms with Gasteiger partial charge in [-0.15, -0.1) is 0 Å². The van der Waals surface area contributed by atoms with Crippen LogP contribution in [0.3, 0.4) is 0 Å². The standard InChI is InChI=1S/C10H18F3N3O/c11-10(12,13)7-16(4-3-14)6-9(17)15-5-8-1-2-8/h8H,1-7,14H2,(H,15,17). The van der Waals surface area contributed by atoms with Crippen LogP contribution in [0.15, 0.2) is 0 Å². The maximum absolute atomic E-state index is 12.2. The first-order chi connectivity index (χ1) is 7.90. The maximum atomic E-state index is 12.2. The SMILES string of the molecule is NCCN(CC(=O)NCC1CC1)CC(F)(F)F. The number of rotatable bonds is 7. The van der Waals surface area contributed by atoms with E-state index in [9.17, 15) is 18.0 Å². The number of hydrogen-bond acceptors (Lipinski definition) is 3. The Balaban J connectivity index is 2.27. The molecule has 1 fully saturated rings. The molecule has 0 atom stereocenters. The smallest absolute Gasteiger partial charge is 0.355 e. The fourth-order valence-corrected chi connectivity index (χ4v) is 1.49. The normalized spacial score (nSPS) is 16.3. The summed E-state index contributed by atoms with van der Waals surface area (Å²) in [5.74, 6) is 0.152. The van der Waals surface area contributed by atoms with Crippen molar-refractivity contribution in [2.45, 2.75) is 19.0 Å². The highest BCUT2D eigenvalue weighted by atomic mass is 19.4. The minimum atomic E-state index is -4.30. The zero-order chi connectivity index (χ0) is 12.9. The quantitative estimate of drug-likeness (QED) is 0.687. The van der Waals surface area contributed by atoms with Crippen LogP contribution in [0.5, 0.6) is 0 Å². The number of hydrogen-bond donors (Lipinski definition) is 2. The zero-order valence-corrected chi connectivity index (χ0v) is 9.59. The molecule has 0 heterocycles. The van der Waals surface area contributed by atoms with Gasteiger partial charge in [0.1, 0.15) is 0 Å². The van der Waals surface area contributed by atoms with Crippen LogP contribution in [0, 0.1) is 5.92 Å². The molecule has 1 amide bonds. The molecule has 0 unspecified atom stereocenters. The van der Waals surface area contributed by atoms with Crippen molar-refractivity contribution in [3.05, 3.63) is 0 Å². The van der Waals surface area contributed by atoms with Crippen LogP contribution in [0.2, 0.25) is 0 Å². The largest absolute Gasteiger partial charge is 0.401 e. The van der Waals surface area contributed by atoms with Gasteiger partial charge in [0.15, 0.2) is 0 Å². The summed E-state index contributed by atoms with van der Waals surface area (Å²) in [4.78, 5) is 12.4. The highest BCUT2D eigenvalue weighted by Gasteiger charge is 2.31. The van der Waals surface area contributed by atoms with E-state index in [0.717, 1.165) is 17.7 Å². The van der Waals surface area contributed by atoms with Gasteiger partial charge in [0.25, 0.3) is 0 Å². The lowest BCUT2D eigenvalue weighted by Crippen LogP contribution is -2.44. The van der Waals surface area contributed by atoms with Crippen molar-refractivity contribution in [1.82, 2.24) is 10.2 Å². The molecule has 3 N–H and O–H groups in total. The first-order valence-corrected chi connectivity index (χ1v) is 5.66. The highest BCUT2D eigenvalue weighted by Crippen LogP contribution is 2.27. The molecule has 4 nitrogen and oxygen atoms in total. The number of carbonyl (C=O) groups is 1. The summed E-state index contributed by atoms with van der Waals surface area (Å²) in [7, 11) is 0. The van der Waals surface area contributed by atoms with Gasteiger partial charge in [-0.3, -0.25) is 9.69 Å². The summed E-state index contributed by atoms with van der Waals surface area (Å²) >= 11 is 0. The number of nitrogens with one attached hydrogen (secondary N) is 1. The summed E-state index contributed by atoms with van der Waals surface area (Å²) in [5, 5.41) is 2.63. The summed E-state index contributed by atoms with van der Waals surface area (Å²) in [6.45, 7) is -0.603. The lowest BCUT2D eigenvalue weighted by atomic mass is 10.4. The van der Waals surface area contributed by atoms with Gasteiger partial charge in [0, 0.05) is 19.6 Å². The number of alkyl halides is 3. The Morgan fingerprint density at radius 3 is 2.53 bits per heavy atom. The highest BCUT2D eigenvalue weighted by molar-refractivity contribution is 5.78. The summed E-state index contributed by atoms with van der Waals surface area (Å²) < 4.78 is 36.6. The molecule has 17 heavy (non-hydrogen) atoms. The summed E-state index contributed by atoms with van der Waals surface area (Å²) in [5.41, 5.74) is 5.22. The van der Waals surface area contributed by atoms with E-state index in [1.165, 1.54) is 0 Å². The van der Waals surface area contributed by atoms with Crippen LogP contribution in [0.25, 0.3) is 0 Å². The molecule has 1 rings (SSSR count).